The van der Waals surface area contributed by atoms with Gasteiger partial charge in [-0.1, -0.05) is 0 Å². The maximum absolute atomic E-state index is 12.0. The number of carbonyl (C=O) groups excluding carboxylic acids is 1. The van der Waals surface area contributed by atoms with E-state index in [1.807, 2.05) is 19.1 Å². The number of halogens is 1. The molecule has 0 aliphatic carbocycles. The van der Waals surface area contributed by atoms with Crippen LogP contribution in [0.15, 0.2) is 17.1 Å². The number of aliphatic imine (C=N–C) groups is 1. The van der Waals surface area contributed by atoms with E-state index in [1.165, 1.54) is 11.1 Å². The Bertz CT molecular complexity index is 712. The van der Waals surface area contributed by atoms with Crippen molar-refractivity contribution >= 4 is 35.8 Å². The van der Waals surface area contributed by atoms with E-state index in [4.69, 9.17) is 14.2 Å². The first-order valence-corrected chi connectivity index (χ1v) is 10.0. The minimum absolute atomic E-state index is 0. The minimum Gasteiger partial charge on any atom is -0.493 e. The number of hydrogen-bond donors (Lipinski definition) is 1. The third-order valence-corrected chi connectivity index (χ3v) is 4.83. The molecule has 0 unspecified atom stereocenters. The topological polar surface area (TPSA) is 75.6 Å². The number of guanidine groups is 1. The molecule has 8 nitrogen and oxygen atoms in total. The molecule has 0 bridgehead atoms. The van der Waals surface area contributed by atoms with Crippen molar-refractivity contribution in [3.63, 3.8) is 0 Å². The number of carbonyl (C=O) groups is 1. The molecule has 0 saturated heterocycles. The van der Waals surface area contributed by atoms with E-state index in [0.717, 1.165) is 43.4 Å². The zero-order valence-corrected chi connectivity index (χ0v) is 21.0. The first-order chi connectivity index (χ1) is 14.0. The van der Waals surface area contributed by atoms with Crippen molar-refractivity contribution in [2.75, 3.05) is 61.2 Å². The van der Waals surface area contributed by atoms with E-state index in [-0.39, 0.29) is 36.4 Å². The molecule has 1 aromatic carbocycles. The van der Waals surface area contributed by atoms with Gasteiger partial charge in [-0.2, -0.15) is 0 Å². The van der Waals surface area contributed by atoms with Gasteiger partial charge in [-0.3, -0.25) is 4.79 Å². The molecule has 0 atom stereocenters. The highest BCUT2D eigenvalue weighted by Gasteiger charge is 2.22. The number of nitrogens with zero attached hydrogens (tertiary/aromatic N) is 3. The second-order valence-corrected chi connectivity index (χ2v) is 7.05. The number of fused-ring (bicyclic) bond motifs is 1. The zero-order chi connectivity index (χ0) is 21.2. The third-order valence-electron chi connectivity index (χ3n) is 4.83. The lowest BCUT2D eigenvalue weighted by Crippen LogP contribution is -2.45. The summed E-state index contributed by atoms with van der Waals surface area (Å²) in [5.41, 5.74) is 2.43. The summed E-state index contributed by atoms with van der Waals surface area (Å²) in [4.78, 5) is 20.3. The molecule has 2 rings (SSSR count). The summed E-state index contributed by atoms with van der Waals surface area (Å²) in [6.45, 7) is 5.78. The van der Waals surface area contributed by atoms with E-state index in [9.17, 15) is 4.79 Å². The predicted molar refractivity (Wildman–Crippen MR) is 129 cm³/mol. The Morgan fingerprint density at radius 2 is 1.87 bits per heavy atom. The molecule has 9 heteroatoms. The summed E-state index contributed by atoms with van der Waals surface area (Å²) in [5, 5.41) is 3.39. The highest BCUT2D eigenvalue weighted by molar-refractivity contribution is 14.0. The quantitative estimate of drug-likeness (QED) is 0.227. The molecule has 1 aromatic rings. The molecule has 0 fully saturated rings. The van der Waals surface area contributed by atoms with Gasteiger partial charge in [0.1, 0.15) is 6.54 Å². The van der Waals surface area contributed by atoms with E-state index >= 15 is 0 Å². The van der Waals surface area contributed by atoms with Crippen LogP contribution in [0.5, 0.6) is 11.5 Å². The van der Waals surface area contributed by atoms with Crippen molar-refractivity contribution in [1.82, 2.24) is 15.1 Å². The maximum atomic E-state index is 12.0. The number of likely N-dealkylation sites (N-methyl/N-ethyl adjacent to an activating group) is 1. The second kappa shape index (κ2) is 13.5. The summed E-state index contributed by atoms with van der Waals surface area (Å²) in [6, 6.07) is 4.07. The maximum Gasteiger partial charge on any atom is 0.243 e. The predicted octanol–water partition coefficient (Wildman–Crippen LogP) is 2.14. The summed E-state index contributed by atoms with van der Waals surface area (Å²) >= 11 is 0. The number of rotatable bonds is 9. The fraction of sp³-hybridized carbons (Fsp3) is 0.619. The molecular weight excluding hydrogens is 499 g/mol. The van der Waals surface area contributed by atoms with Crippen LogP contribution >= 0.6 is 24.0 Å². The van der Waals surface area contributed by atoms with Gasteiger partial charge in [-0.05, 0) is 43.0 Å². The number of benzene rings is 1. The minimum atomic E-state index is -0.0255. The van der Waals surface area contributed by atoms with Crippen molar-refractivity contribution < 1.29 is 19.0 Å². The molecule has 30 heavy (non-hydrogen) atoms. The molecule has 0 spiro atoms. The summed E-state index contributed by atoms with van der Waals surface area (Å²) < 4.78 is 16.3. The second-order valence-electron chi connectivity index (χ2n) is 7.05. The van der Waals surface area contributed by atoms with Gasteiger partial charge in [0.25, 0.3) is 0 Å². The summed E-state index contributed by atoms with van der Waals surface area (Å²) in [5.74, 6) is 2.19. The normalized spacial score (nSPS) is 13.2. The fourth-order valence-corrected chi connectivity index (χ4v) is 3.13. The van der Waals surface area contributed by atoms with Crippen molar-refractivity contribution in [3.8, 4) is 11.5 Å². The molecule has 1 aliphatic heterocycles. The summed E-state index contributed by atoms with van der Waals surface area (Å²) in [6.07, 6.45) is 1.75. The van der Waals surface area contributed by atoms with Crippen LogP contribution in [0.25, 0.3) is 0 Å². The standard InChI is InChI=1S/C21H34N4O4.HI/c1-6-29-11-7-9-22-21(23-14-20(26)24(2)3)25-10-8-16-12-18(27-4)19(28-5)13-17(16)15-25;/h12-13H,6-11,14-15H2,1-5H3,(H,22,23);1H. The highest BCUT2D eigenvalue weighted by Crippen LogP contribution is 2.33. The van der Waals surface area contributed by atoms with E-state index in [1.54, 1.807) is 33.2 Å². The fourth-order valence-electron chi connectivity index (χ4n) is 3.13. The van der Waals surface area contributed by atoms with Crippen LogP contribution in [0.2, 0.25) is 0 Å². The van der Waals surface area contributed by atoms with Gasteiger partial charge < -0.3 is 29.3 Å². The van der Waals surface area contributed by atoms with Crippen LogP contribution in [0.1, 0.15) is 24.5 Å². The molecule has 0 radical (unpaired) electrons. The Morgan fingerprint density at radius 3 is 2.47 bits per heavy atom. The van der Waals surface area contributed by atoms with Crippen molar-refractivity contribution in [2.45, 2.75) is 26.3 Å². The van der Waals surface area contributed by atoms with Gasteiger partial charge in [-0.15, -0.1) is 24.0 Å². The first kappa shape index (κ1) is 26.3. The molecule has 1 amide bonds. The molecule has 1 heterocycles. The number of ether oxygens (including phenoxy) is 3. The van der Waals surface area contributed by atoms with Crippen LogP contribution in [-0.4, -0.2) is 82.8 Å². The number of nitrogens with one attached hydrogen (secondary N) is 1. The van der Waals surface area contributed by atoms with Crippen LogP contribution in [0.4, 0.5) is 0 Å². The molecule has 170 valence electrons. The smallest absolute Gasteiger partial charge is 0.243 e. The van der Waals surface area contributed by atoms with Gasteiger partial charge in [-0.25, -0.2) is 4.99 Å². The van der Waals surface area contributed by atoms with E-state index in [2.05, 4.69) is 15.2 Å². The Labute approximate surface area is 197 Å². The Kier molecular flexibility index (Phi) is 11.9. The molecule has 0 saturated carbocycles. The van der Waals surface area contributed by atoms with Crippen LogP contribution in [0, 0.1) is 0 Å². The van der Waals surface area contributed by atoms with Crippen molar-refractivity contribution in [3.05, 3.63) is 23.3 Å². The molecule has 1 N–H and O–H groups in total. The Morgan fingerprint density at radius 1 is 1.20 bits per heavy atom. The lowest BCUT2D eigenvalue weighted by molar-refractivity contribution is -0.127. The average Bonchev–Trinajstić information content (AvgIpc) is 2.73. The van der Waals surface area contributed by atoms with Gasteiger partial charge in [0.15, 0.2) is 17.5 Å². The molecule has 0 aromatic heterocycles. The van der Waals surface area contributed by atoms with Crippen LogP contribution in [0.3, 0.4) is 0 Å². The number of amides is 1. The van der Waals surface area contributed by atoms with Gasteiger partial charge in [0.2, 0.25) is 5.91 Å². The summed E-state index contributed by atoms with van der Waals surface area (Å²) in [7, 11) is 6.77. The molecule has 1 aliphatic rings. The first-order valence-electron chi connectivity index (χ1n) is 10.0. The van der Waals surface area contributed by atoms with Gasteiger partial charge >= 0.3 is 0 Å². The van der Waals surface area contributed by atoms with E-state index in [0.29, 0.717) is 19.8 Å². The van der Waals surface area contributed by atoms with Gasteiger partial charge in [0.05, 0.1) is 14.2 Å². The third kappa shape index (κ3) is 7.50. The van der Waals surface area contributed by atoms with E-state index < -0.39 is 0 Å². The van der Waals surface area contributed by atoms with Gasteiger partial charge in [0, 0.05) is 46.9 Å². The average molecular weight is 534 g/mol. The van der Waals surface area contributed by atoms with Crippen molar-refractivity contribution in [1.29, 1.82) is 0 Å². The highest BCUT2D eigenvalue weighted by atomic mass is 127. The monoisotopic (exact) mass is 534 g/mol. The largest absolute Gasteiger partial charge is 0.493 e. The Balaban J connectivity index is 0.00000450. The molecular formula is C21H35IN4O4. The Hall–Kier alpha value is -1.75. The lowest BCUT2D eigenvalue weighted by Gasteiger charge is -2.32. The number of hydrogen-bond acceptors (Lipinski definition) is 5. The van der Waals surface area contributed by atoms with Crippen molar-refractivity contribution in [2.24, 2.45) is 4.99 Å². The SMILES string of the molecule is CCOCCCNC(=NCC(=O)N(C)C)N1CCc2cc(OC)c(OC)cc2C1.I. The lowest BCUT2D eigenvalue weighted by atomic mass is 9.99. The zero-order valence-electron chi connectivity index (χ0n) is 18.7. The van der Waals surface area contributed by atoms with Crippen LogP contribution in [-0.2, 0) is 22.5 Å². The van der Waals surface area contributed by atoms with Crippen LogP contribution < -0.4 is 14.8 Å². The number of methoxy groups -OCH3 is 2.